The fourth-order valence-electron chi connectivity index (χ4n) is 1.93. The largest absolute Gasteiger partial charge is 0.338 e. The average molecular weight is 223 g/mol. The molecule has 1 saturated heterocycles. The van der Waals surface area contributed by atoms with Crippen LogP contribution in [0.1, 0.15) is 39.0 Å². The van der Waals surface area contributed by atoms with Gasteiger partial charge in [0.15, 0.2) is 0 Å². The molecule has 1 aliphatic rings. The molecule has 4 heteroatoms. The fraction of sp³-hybridized carbons (Fsp3) is 0.833. The second kappa shape index (κ2) is 5.86. The van der Waals surface area contributed by atoms with Gasteiger partial charge >= 0.3 is 0 Å². The fourth-order valence-corrected chi connectivity index (χ4v) is 1.93. The Labute approximate surface area is 97.6 Å². The molecule has 0 saturated carbocycles. The van der Waals surface area contributed by atoms with Gasteiger partial charge in [0.1, 0.15) is 5.54 Å². The molecule has 1 N–H and O–H groups in total. The first-order chi connectivity index (χ1) is 7.62. The van der Waals surface area contributed by atoms with Gasteiger partial charge in [-0.25, -0.2) is 0 Å². The zero-order valence-corrected chi connectivity index (χ0v) is 10.3. The molecule has 16 heavy (non-hydrogen) atoms. The van der Waals surface area contributed by atoms with Gasteiger partial charge in [0.25, 0.3) is 0 Å². The van der Waals surface area contributed by atoms with Crippen LogP contribution >= 0.6 is 0 Å². The van der Waals surface area contributed by atoms with Crippen LogP contribution in [0.5, 0.6) is 0 Å². The number of carbonyl (C=O) groups excluding carboxylic acids is 1. The highest BCUT2D eigenvalue weighted by molar-refractivity contribution is 5.77. The number of nitriles is 1. The molecular weight excluding hydrogens is 202 g/mol. The lowest BCUT2D eigenvalue weighted by Crippen LogP contribution is -2.53. The first-order valence-electron chi connectivity index (χ1n) is 6.03. The summed E-state index contributed by atoms with van der Waals surface area (Å²) in [5, 5.41) is 12.1. The lowest BCUT2D eigenvalue weighted by Gasteiger charge is -2.36. The van der Waals surface area contributed by atoms with Crippen LogP contribution in [0.4, 0.5) is 0 Å². The summed E-state index contributed by atoms with van der Waals surface area (Å²) in [7, 11) is 2.04. The summed E-state index contributed by atoms with van der Waals surface area (Å²) in [4.78, 5) is 13.8. The van der Waals surface area contributed by atoms with E-state index < -0.39 is 5.54 Å². The van der Waals surface area contributed by atoms with Crippen LogP contribution < -0.4 is 5.32 Å². The number of hydrogen-bond acceptors (Lipinski definition) is 3. The van der Waals surface area contributed by atoms with E-state index >= 15 is 0 Å². The van der Waals surface area contributed by atoms with Crippen molar-refractivity contribution in [1.29, 1.82) is 5.26 Å². The number of nitrogens with zero attached hydrogens (tertiary/aromatic N) is 2. The van der Waals surface area contributed by atoms with Crippen LogP contribution in [0.25, 0.3) is 0 Å². The van der Waals surface area contributed by atoms with Crippen molar-refractivity contribution in [2.75, 3.05) is 20.1 Å². The van der Waals surface area contributed by atoms with Gasteiger partial charge in [0, 0.05) is 19.5 Å². The summed E-state index contributed by atoms with van der Waals surface area (Å²) in [5.41, 5.74) is -0.614. The molecule has 0 radical (unpaired) electrons. The topological polar surface area (TPSA) is 56.1 Å². The number of carbonyl (C=O) groups is 1. The maximum Gasteiger partial charge on any atom is 0.221 e. The summed E-state index contributed by atoms with van der Waals surface area (Å²) in [6.45, 7) is 3.81. The summed E-state index contributed by atoms with van der Waals surface area (Å²) in [5.74, 6) is 0.0213. The predicted octanol–water partition coefficient (Wildman–Crippen LogP) is 1.28. The number of rotatable bonds is 4. The molecule has 0 unspecified atom stereocenters. The van der Waals surface area contributed by atoms with E-state index in [1.807, 2.05) is 7.05 Å². The lowest BCUT2D eigenvalue weighted by molar-refractivity contribution is -0.123. The molecule has 4 nitrogen and oxygen atoms in total. The number of hydrogen-bond donors (Lipinski definition) is 1. The van der Waals surface area contributed by atoms with E-state index in [1.165, 1.54) is 0 Å². The van der Waals surface area contributed by atoms with Crippen molar-refractivity contribution in [3.05, 3.63) is 0 Å². The molecule has 0 aromatic rings. The van der Waals surface area contributed by atoms with Crippen LogP contribution in [-0.4, -0.2) is 36.5 Å². The van der Waals surface area contributed by atoms with Crippen molar-refractivity contribution in [3.8, 4) is 6.07 Å². The third-order valence-corrected chi connectivity index (χ3v) is 3.19. The molecule has 0 aromatic carbocycles. The molecule has 90 valence electrons. The van der Waals surface area contributed by atoms with E-state index in [1.54, 1.807) is 0 Å². The van der Waals surface area contributed by atoms with E-state index in [4.69, 9.17) is 0 Å². The molecule has 1 amide bonds. The maximum atomic E-state index is 11.6. The van der Waals surface area contributed by atoms with Crippen LogP contribution in [0.2, 0.25) is 0 Å². The van der Waals surface area contributed by atoms with Crippen LogP contribution in [-0.2, 0) is 4.79 Å². The van der Waals surface area contributed by atoms with Gasteiger partial charge in [-0.15, -0.1) is 0 Å². The number of amides is 1. The van der Waals surface area contributed by atoms with Crippen molar-refractivity contribution in [1.82, 2.24) is 10.2 Å². The van der Waals surface area contributed by atoms with Gasteiger partial charge in [-0.05, 0) is 26.3 Å². The molecule has 1 fully saturated rings. The summed E-state index contributed by atoms with van der Waals surface area (Å²) in [6.07, 6.45) is 3.91. The Hall–Kier alpha value is -1.08. The quantitative estimate of drug-likeness (QED) is 0.781. The van der Waals surface area contributed by atoms with E-state index in [9.17, 15) is 10.1 Å². The zero-order chi connectivity index (χ0) is 12.0. The molecule has 1 heterocycles. The Morgan fingerprint density at radius 2 is 2.12 bits per heavy atom. The normalized spacial score (nSPS) is 20.1. The minimum absolute atomic E-state index is 0.0213. The van der Waals surface area contributed by atoms with E-state index in [0.29, 0.717) is 6.42 Å². The van der Waals surface area contributed by atoms with Gasteiger partial charge in [0.05, 0.1) is 6.07 Å². The van der Waals surface area contributed by atoms with Crippen LogP contribution in [0.3, 0.4) is 0 Å². The van der Waals surface area contributed by atoms with Crippen molar-refractivity contribution < 1.29 is 4.79 Å². The molecule has 1 aliphatic heterocycles. The van der Waals surface area contributed by atoms with Gasteiger partial charge in [0.2, 0.25) is 5.91 Å². The second-order valence-corrected chi connectivity index (χ2v) is 4.65. The van der Waals surface area contributed by atoms with Crippen molar-refractivity contribution in [2.24, 2.45) is 0 Å². The minimum Gasteiger partial charge on any atom is -0.338 e. The van der Waals surface area contributed by atoms with Crippen molar-refractivity contribution >= 4 is 5.91 Å². The van der Waals surface area contributed by atoms with Crippen molar-refractivity contribution in [2.45, 2.75) is 44.6 Å². The highest BCUT2D eigenvalue weighted by Gasteiger charge is 2.34. The van der Waals surface area contributed by atoms with Gasteiger partial charge < -0.3 is 10.2 Å². The van der Waals surface area contributed by atoms with Crippen LogP contribution in [0.15, 0.2) is 0 Å². The molecule has 1 rings (SSSR count). The molecule has 0 atom stereocenters. The Morgan fingerprint density at radius 3 is 2.62 bits per heavy atom. The van der Waals surface area contributed by atoms with Gasteiger partial charge in [-0.2, -0.15) is 5.26 Å². The third-order valence-electron chi connectivity index (χ3n) is 3.19. The summed E-state index contributed by atoms with van der Waals surface area (Å²) in [6, 6.07) is 2.29. The van der Waals surface area contributed by atoms with Crippen LogP contribution in [0, 0.1) is 11.3 Å². The first kappa shape index (κ1) is 13.0. The van der Waals surface area contributed by atoms with Crippen molar-refractivity contribution in [3.63, 3.8) is 0 Å². The Kier molecular flexibility index (Phi) is 4.75. The molecule has 0 bridgehead atoms. The highest BCUT2D eigenvalue weighted by atomic mass is 16.1. The zero-order valence-electron chi connectivity index (χ0n) is 10.3. The van der Waals surface area contributed by atoms with E-state index in [0.717, 1.165) is 38.8 Å². The average Bonchev–Trinajstić information content (AvgIpc) is 2.30. The Bertz CT molecular complexity index is 274. The van der Waals surface area contributed by atoms with Gasteiger partial charge in [-0.1, -0.05) is 13.3 Å². The number of likely N-dealkylation sites (tertiary alicyclic amines) is 1. The van der Waals surface area contributed by atoms with Gasteiger partial charge in [-0.3, -0.25) is 4.79 Å². The predicted molar refractivity (Wildman–Crippen MR) is 62.7 cm³/mol. The SMILES string of the molecule is CCCCC(=O)NC1(C#N)CCN(C)CC1. The summed E-state index contributed by atoms with van der Waals surface area (Å²) >= 11 is 0. The smallest absolute Gasteiger partial charge is 0.221 e. The second-order valence-electron chi connectivity index (χ2n) is 4.65. The molecular formula is C12H21N3O. The van der Waals surface area contributed by atoms with E-state index in [-0.39, 0.29) is 5.91 Å². The Balaban J connectivity index is 2.48. The van der Waals surface area contributed by atoms with E-state index in [2.05, 4.69) is 23.2 Å². The third kappa shape index (κ3) is 3.49. The molecule has 0 aliphatic carbocycles. The molecule has 0 spiro atoms. The first-order valence-corrected chi connectivity index (χ1v) is 6.03. The Morgan fingerprint density at radius 1 is 1.50 bits per heavy atom. The number of unbranched alkanes of at least 4 members (excludes halogenated alkanes) is 1. The number of piperidine rings is 1. The lowest BCUT2D eigenvalue weighted by atomic mass is 9.89. The maximum absolute atomic E-state index is 11.6. The molecule has 0 aromatic heterocycles. The minimum atomic E-state index is -0.614. The standard InChI is InChI=1S/C12H21N3O/c1-3-4-5-11(16)14-12(10-13)6-8-15(2)9-7-12/h3-9H2,1-2H3,(H,14,16). The monoisotopic (exact) mass is 223 g/mol. The highest BCUT2D eigenvalue weighted by Crippen LogP contribution is 2.20. The number of nitrogens with one attached hydrogen (secondary N) is 1. The summed E-state index contributed by atoms with van der Waals surface area (Å²) < 4.78 is 0.